The van der Waals surface area contributed by atoms with Crippen molar-refractivity contribution in [3.63, 3.8) is 0 Å². The molecule has 7 heteroatoms. The molecule has 0 aromatic heterocycles. The van der Waals surface area contributed by atoms with E-state index in [9.17, 15) is 9.59 Å². The molecule has 1 aromatic carbocycles. The largest absolute Gasteiger partial charge is 0.494 e. The Morgan fingerprint density at radius 1 is 1.15 bits per heavy atom. The fraction of sp³-hybridized carbons (Fsp3) is 0.600. The summed E-state index contributed by atoms with van der Waals surface area (Å²) in [5.74, 6) is -0.0936. The van der Waals surface area contributed by atoms with Crippen molar-refractivity contribution in [1.29, 1.82) is 0 Å². The van der Waals surface area contributed by atoms with Crippen molar-refractivity contribution in [3.8, 4) is 0 Å². The predicted octanol–water partition coefficient (Wildman–Crippen LogP) is 2.31. The Balaban J connectivity index is 2.02. The highest BCUT2D eigenvalue weighted by Crippen LogP contribution is 2.39. The molecule has 0 saturated carbocycles. The molecule has 0 unspecified atom stereocenters. The lowest BCUT2D eigenvalue weighted by Crippen LogP contribution is -2.46. The Bertz CT molecular complexity index is 761. The Kier molecular flexibility index (Phi) is 4.89. The summed E-state index contributed by atoms with van der Waals surface area (Å²) in [6.07, 6.45) is 0.666. The maximum Gasteiger partial charge on any atom is 0.494 e. The molecule has 3 rings (SSSR count). The Hall–Kier alpha value is -1.86. The van der Waals surface area contributed by atoms with E-state index in [2.05, 4.69) is 5.32 Å². The van der Waals surface area contributed by atoms with Crippen molar-refractivity contribution < 1.29 is 18.9 Å². The van der Waals surface area contributed by atoms with Crippen LogP contribution in [0.25, 0.3) is 0 Å². The van der Waals surface area contributed by atoms with Crippen LogP contribution in [-0.2, 0) is 18.9 Å². The van der Waals surface area contributed by atoms with Crippen LogP contribution in [0.5, 0.6) is 0 Å². The van der Waals surface area contributed by atoms with Crippen LogP contribution >= 0.6 is 0 Å². The lowest BCUT2D eigenvalue weighted by molar-refractivity contribution is -0.119. The van der Waals surface area contributed by atoms with Gasteiger partial charge in [0.05, 0.1) is 17.2 Å². The van der Waals surface area contributed by atoms with Crippen molar-refractivity contribution in [2.24, 2.45) is 0 Å². The Labute approximate surface area is 161 Å². The normalized spacial score (nSPS) is 25.9. The van der Waals surface area contributed by atoms with Gasteiger partial charge in [0, 0.05) is 25.6 Å². The molecule has 146 valence electrons. The van der Waals surface area contributed by atoms with Crippen LogP contribution in [0.15, 0.2) is 18.2 Å². The first-order chi connectivity index (χ1) is 12.4. The second-order valence-corrected chi connectivity index (χ2v) is 8.63. The highest BCUT2D eigenvalue weighted by molar-refractivity contribution is 6.62. The molecule has 1 N–H and O–H groups in total. The summed E-state index contributed by atoms with van der Waals surface area (Å²) >= 11 is 0. The zero-order chi connectivity index (χ0) is 20.1. The molecule has 2 heterocycles. The van der Waals surface area contributed by atoms with E-state index in [-0.39, 0.29) is 23.9 Å². The minimum absolute atomic E-state index is 0.00610. The van der Waals surface area contributed by atoms with Gasteiger partial charge in [-0.1, -0.05) is 12.1 Å². The zero-order valence-corrected chi connectivity index (χ0v) is 17.3. The molecule has 1 aromatic rings. The number of rotatable bonds is 2. The summed E-state index contributed by atoms with van der Waals surface area (Å²) in [7, 11) is -0.483. The van der Waals surface area contributed by atoms with Gasteiger partial charge in [-0.05, 0) is 58.1 Å². The molecule has 1 fully saturated rings. The van der Waals surface area contributed by atoms with Crippen molar-refractivity contribution >= 4 is 30.1 Å². The van der Waals surface area contributed by atoms with Gasteiger partial charge in [0.1, 0.15) is 0 Å². The molecule has 0 aliphatic carbocycles. The van der Waals surface area contributed by atoms with Gasteiger partial charge in [0.25, 0.3) is 0 Å². The molecule has 6 nitrogen and oxygen atoms in total. The topological polar surface area (TPSA) is 67.9 Å². The molecular weight excluding hydrogens is 343 g/mol. The number of hydrogen-bond donors (Lipinski definition) is 1. The van der Waals surface area contributed by atoms with Crippen LogP contribution in [0, 0.1) is 0 Å². The summed E-state index contributed by atoms with van der Waals surface area (Å²) in [4.78, 5) is 25.7. The van der Waals surface area contributed by atoms with Gasteiger partial charge in [-0.3, -0.25) is 9.59 Å². The summed E-state index contributed by atoms with van der Waals surface area (Å²) in [6, 6.07) is 5.74. The van der Waals surface area contributed by atoms with Crippen LogP contribution in [0.1, 0.15) is 66.5 Å². The number of hydrogen-bond acceptors (Lipinski definition) is 4. The van der Waals surface area contributed by atoms with Crippen LogP contribution in [-0.4, -0.2) is 36.2 Å². The highest BCUT2D eigenvalue weighted by Gasteiger charge is 2.52. The van der Waals surface area contributed by atoms with Crippen LogP contribution in [0.2, 0.25) is 0 Å². The lowest BCUT2D eigenvalue weighted by Gasteiger charge is -2.39. The van der Waals surface area contributed by atoms with E-state index in [1.807, 2.05) is 52.8 Å². The third-order valence-electron chi connectivity index (χ3n) is 5.95. The molecule has 27 heavy (non-hydrogen) atoms. The highest BCUT2D eigenvalue weighted by atomic mass is 16.7. The number of anilines is 1. The third kappa shape index (κ3) is 3.50. The van der Waals surface area contributed by atoms with E-state index < -0.39 is 18.3 Å². The standard InChI is InChI=1S/C20H29BN2O4/c1-12-10-17(22-13(2)24)16-11-15(8-9-18(16)23(12)14(3)25)21-26-19(4,5)20(6,7)27-21/h8-9,11-12,17H,10H2,1-7H3,(H,22,24)/t12-,17+/m0/s1. The minimum atomic E-state index is -0.483. The zero-order valence-electron chi connectivity index (χ0n) is 17.3. The second-order valence-electron chi connectivity index (χ2n) is 8.63. The van der Waals surface area contributed by atoms with E-state index in [1.165, 1.54) is 6.92 Å². The van der Waals surface area contributed by atoms with Crippen molar-refractivity contribution in [3.05, 3.63) is 23.8 Å². The van der Waals surface area contributed by atoms with Gasteiger partial charge in [-0.2, -0.15) is 0 Å². The lowest BCUT2D eigenvalue weighted by atomic mass is 9.76. The number of amides is 2. The van der Waals surface area contributed by atoms with Crippen LogP contribution in [0.4, 0.5) is 5.69 Å². The van der Waals surface area contributed by atoms with E-state index in [0.717, 1.165) is 16.7 Å². The maximum atomic E-state index is 12.2. The first-order valence-corrected chi connectivity index (χ1v) is 9.49. The smallest absolute Gasteiger partial charge is 0.399 e. The number of nitrogens with one attached hydrogen (secondary N) is 1. The number of benzene rings is 1. The van der Waals surface area contributed by atoms with Crippen LogP contribution < -0.4 is 15.7 Å². The van der Waals surface area contributed by atoms with Gasteiger partial charge >= 0.3 is 7.12 Å². The van der Waals surface area contributed by atoms with E-state index in [4.69, 9.17) is 9.31 Å². The van der Waals surface area contributed by atoms with E-state index >= 15 is 0 Å². The quantitative estimate of drug-likeness (QED) is 0.809. The van der Waals surface area contributed by atoms with E-state index in [0.29, 0.717) is 6.42 Å². The maximum absolute atomic E-state index is 12.2. The van der Waals surface area contributed by atoms with Gasteiger partial charge in [0.15, 0.2) is 0 Å². The minimum Gasteiger partial charge on any atom is -0.399 e. The summed E-state index contributed by atoms with van der Waals surface area (Å²) in [5.41, 5.74) is 1.79. The summed E-state index contributed by atoms with van der Waals surface area (Å²) < 4.78 is 12.3. The summed E-state index contributed by atoms with van der Waals surface area (Å²) in [6.45, 7) is 13.2. The number of carbonyl (C=O) groups is 2. The molecule has 0 radical (unpaired) electrons. The van der Waals surface area contributed by atoms with Crippen molar-refractivity contribution in [2.45, 2.75) is 78.2 Å². The van der Waals surface area contributed by atoms with Crippen LogP contribution in [0.3, 0.4) is 0 Å². The molecular formula is C20H29BN2O4. The molecule has 2 aliphatic rings. The number of nitrogens with zero attached hydrogens (tertiary/aromatic N) is 1. The molecule has 2 atom stereocenters. The summed E-state index contributed by atoms with van der Waals surface area (Å²) in [5, 5.41) is 3.02. The van der Waals surface area contributed by atoms with Gasteiger partial charge in [-0.15, -0.1) is 0 Å². The van der Waals surface area contributed by atoms with Crippen molar-refractivity contribution in [1.82, 2.24) is 5.32 Å². The average Bonchev–Trinajstić information content (AvgIpc) is 2.74. The molecule has 2 aliphatic heterocycles. The molecule has 0 bridgehead atoms. The number of fused-ring (bicyclic) bond motifs is 1. The molecule has 1 saturated heterocycles. The Morgan fingerprint density at radius 3 is 2.26 bits per heavy atom. The first-order valence-electron chi connectivity index (χ1n) is 9.49. The second kappa shape index (κ2) is 6.64. The fourth-order valence-corrected chi connectivity index (χ4v) is 3.87. The molecule has 0 spiro atoms. The van der Waals surface area contributed by atoms with Gasteiger partial charge in [-0.25, -0.2) is 0 Å². The number of carbonyl (C=O) groups excluding carboxylic acids is 2. The SMILES string of the molecule is CC(=O)N[C@@H]1C[C@H](C)N(C(C)=O)c2ccc(B3OC(C)(C)C(C)(C)O3)cc21. The monoisotopic (exact) mass is 372 g/mol. The van der Waals surface area contributed by atoms with Gasteiger partial charge < -0.3 is 19.5 Å². The van der Waals surface area contributed by atoms with Gasteiger partial charge in [0.2, 0.25) is 11.8 Å². The fourth-order valence-electron chi connectivity index (χ4n) is 3.87. The predicted molar refractivity (Wildman–Crippen MR) is 106 cm³/mol. The molecule has 2 amide bonds. The first kappa shape index (κ1) is 19.9. The Morgan fingerprint density at radius 2 is 1.74 bits per heavy atom. The van der Waals surface area contributed by atoms with Crippen molar-refractivity contribution in [2.75, 3.05) is 4.90 Å². The third-order valence-corrected chi connectivity index (χ3v) is 5.95. The average molecular weight is 372 g/mol. The van der Waals surface area contributed by atoms with E-state index in [1.54, 1.807) is 11.8 Å².